The summed E-state index contributed by atoms with van der Waals surface area (Å²) in [6.45, 7) is 3.88. The fourth-order valence-electron chi connectivity index (χ4n) is 3.20. The number of aryl methyl sites for hydroxylation is 1. The summed E-state index contributed by atoms with van der Waals surface area (Å²) in [5.74, 6) is -0.580. The van der Waals surface area contributed by atoms with Crippen molar-refractivity contribution in [2.75, 3.05) is 6.61 Å². The first-order valence-corrected chi connectivity index (χ1v) is 10.7. The van der Waals surface area contributed by atoms with E-state index in [1.807, 2.05) is 30.3 Å². The minimum atomic E-state index is -0.563. The summed E-state index contributed by atoms with van der Waals surface area (Å²) in [6, 6.07) is 12.5. The Labute approximate surface area is 187 Å². The molecule has 0 N–H and O–H groups in total. The van der Waals surface area contributed by atoms with E-state index in [4.69, 9.17) is 13.9 Å². The van der Waals surface area contributed by atoms with E-state index in [1.165, 1.54) is 17.0 Å². The molecule has 1 aromatic carbocycles. The van der Waals surface area contributed by atoms with Crippen molar-refractivity contribution in [2.24, 2.45) is 0 Å². The van der Waals surface area contributed by atoms with Crippen LogP contribution in [0.25, 0.3) is 10.2 Å². The smallest absolute Gasteiger partial charge is 0.374 e. The molecule has 0 bridgehead atoms. The first-order valence-electron chi connectivity index (χ1n) is 9.93. The lowest BCUT2D eigenvalue weighted by Crippen LogP contribution is -2.21. The molecule has 164 valence electrons. The van der Waals surface area contributed by atoms with Crippen molar-refractivity contribution in [3.63, 3.8) is 0 Å². The van der Waals surface area contributed by atoms with Gasteiger partial charge in [0.15, 0.2) is 0 Å². The van der Waals surface area contributed by atoms with Crippen molar-refractivity contribution >= 4 is 33.5 Å². The zero-order chi connectivity index (χ0) is 22.7. The second kappa shape index (κ2) is 9.19. The first kappa shape index (κ1) is 21.5. The Morgan fingerprint density at radius 1 is 1.09 bits per heavy atom. The van der Waals surface area contributed by atoms with Gasteiger partial charge < -0.3 is 13.9 Å². The largest absolute Gasteiger partial charge is 0.460 e. The average molecular weight is 452 g/mol. The number of nitrogens with zero attached hydrogens (tertiary/aromatic N) is 2. The third-order valence-electron chi connectivity index (χ3n) is 4.78. The van der Waals surface area contributed by atoms with E-state index in [9.17, 15) is 14.4 Å². The number of hydrogen-bond acceptors (Lipinski definition) is 8. The first-order chi connectivity index (χ1) is 15.5. The third kappa shape index (κ3) is 4.33. The number of benzene rings is 1. The highest BCUT2D eigenvalue weighted by molar-refractivity contribution is 7.20. The van der Waals surface area contributed by atoms with Crippen molar-refractivity contribution in [1.29, 1.82) is 0 Å². The van der Waals surface area contributed by atoms with Gasteiger partial charge in [-0.25, -0.2) is 14.6 Å². The predicted molar refractivity (Wildman–Crippen MR) is 118 cm³/mol. The van der Waals surface area contributed by atoms with Crippen LogP contribution in [0.15, 0.2) is 58.0 Å². The normalized spacial score (nSPS) is 10.9. The molecule has 4 aromatic rings. The topological polar surface area (TPSA) is 101 Å². The lowest BCUT2D eigenvalue weighted by atomic mass is 10.2. The molecule has 0 spiro atoms. The van der Waals surface area contributed by atoms with Gasteiger partial charge in [0, 0.05) is 0 Å². The van der Waals surface area contributed by atoms with Gasteiger partial charge in [0.25, 0.3) is 5.56 Å². The van der Waals surface area contributed by atoms with Gasteiger partial charge in [-0.1, -0.05) is 30.3 Å². The minimum absolute atomic E-state index is 0.0686. The van der Waals surface area contributed by atoms with Crippen molar-refractivity contribution in [3.05, 3.63) is 86.7 Å². The Balaban J connectivity index is 1.56. The Morgan fingerprint density at radius 3 is 2.62 bits per heavy atom. The number of rotatable bonds is 7. The summed E-state index contributed by atoms with van der Waals surface area (Å²) in [5.41, 5.74) is 1.10. The van der Waals surface area contributed by atoms with Crippen LogP contribution in [0.3, 0.4) is 0 Å². The highest BCUT2D eigenvalue weighted by Crippen LogP contribution is 2.28. The van der Waals surface area contributed by atoms with Gasteiger partial charge in [0.1, 0.15) is 22.1 Å². The fraction of sp³-hybridized carbons (Fsp3) is 0.217. The summed E-state index contributed by atoms with van der Waals surface area (Å²) < 4.78 is 17.2. The molecule has 32 heavy (non-hydrogen) atoms. The molecule has 0 unspecified atom stereocenters. The van der Waals surface area contributed by atoms with E-state index in [0.29, 0.717) is 26.4 Å². The number of ether oxygens (including phenoxy) is 2. The Morgan fingerprint density at radius 2 is 1.88 bits per heavy atom. The summed E-state index contributed by atoms with van der Waals surface area (Å²) in [5, 5.41) is 0.362. The van der Waals surface area contributed by atoms with Gasteiger partial charge in [-0.15, -0.1) is 11.3 Å². The lowest BCUT2D eigenvalue weighted by Gasteiger charge is -2.04. The molecular weight excluding hydrogens is 432 g/mol. The van der Waals surface area contributed by atoms with Crippen molar-refractivity contribution < 1.29 is 23.5 Å². The Hall–Kier alpha value is -3.72. The molecule has 0 aliphatic carbocycles. The fourth-order valence-corrected chi connectivity index (χ4v) is 4.23. The van der Waals surface area contributed by atoms with Crippen LogP contribution in [-0.2, 0) is 22.6 Å². The Kier molecular flexibility index (Phi) is 6.18. The second-order valence-corrected chi connectivity index (χ2v) is 7.96. The second-order valence-electron chi connectivity index (χ2n) is 6.96. The van der Waals surface area contributed by atoms with Crippen LogP contribution in [-0.4, -0.2) is 28.1 Å². The number of carbonyl (C=O) groups excluding carboxylic acids is 2. The zero-order valence-electron chi connectivity index (χ0n) is 17.5. The molecule has 4 rings (SSSR count). The molecular formula is C23H20N2O6S. The maximum atomic E-state index is 13.1. The highest BCUT2D eigenvalue weighted by Gasteiger charge is 2.21. The summed E-state index contributed by atoms with van der Waals surface area (Å²) in [4.78, 5) is 42.6. The number of thiophene rings is 1. The van der Waals surface area contributed by atoms with E-state index >= 15 is 0 Å². The van der Waals surface area contributed by atoms with E-state index in [0.717, 1.165) is 16.9 Å². The molecule has 0 saturated carbocycles. The molecule has 0 aliphatic heterocycles. The Bertz CT molecular complexity index is 1340. The highest BCUT2D eigenvalue weighted by atomic mass is 32.1. The van der Waals surface area contributed by atoms with Crippen LogP contribution in [0.4, 0.5) is 0 Å². The summed E-state index contributed by atoms with van der Waals surface area (Å²) >= 11 is 1.13. The summed E-state index contributed by atoms with van der Waals surface area (Å²) in [7, 11) is 0. The number of carbonyl (C=O) groups is 2. The molecule has 9 heteroatoms. The molecule has 0 radical (unpaired) electrons. The number of fused-ring (bicyclic) bond motifs is 1. The molecule has 3 heterocycles. The molecule has 0 aliphatic rings. The van der Waals surface area contributed by atoms with Gasteiger partial charge in [-0.3, -0.25) is 9.36 Å². The average Bonchev–Trinajstić information content (AvgIpc) is 3.40. The quantitative estimate of drug-likeness (QED) is 0.392. The van der Waals surface area contributed by atoms with Crippen molar-refractivity contribution in [3.8, 4) is 0 Å². The van der Waals surface area contributed by atoms with E-state index < -0.39 is 11.9 Å². The standard InChI is InChI=1S/C23H20N2O6S/c1-3-29-22(27)17-10-9-16(31-17)11-25-13-24-20-18(21(25)26)14(2)19(32-20)23(28)30-12-15-7-5-4-6-8-15/h4-10,13H,3,11-12H2,1-2H3. The third-order valence-corrected chi connectivity index (χ3v) is 5.96. The monoisotopic (exact) mass is 452 g/mol. The van der Waals surface area contributed by atoms with Crippen LogP contribution >= 0.6 is 11.3 Å². The van der Waals surface area contributed by atoms with E-state index in [-0.39, 0.29) is 31.1 Å². The molecule has 0 amide bonds. The predicted octanol–water partition coefficient (Wildman–Crippen LogP) is 3.94. The van der Waals surface area contributed by atoms with Crippen molar-refractivity contribution in [2.45, 2.75) is 27.0 Å². The molecule has 0 saturated heterocycles. The number of aromatic nitrogens is 2. The molecule has 8 nitrogen and oxygen atoms in total. The van der Waals surface area contributed by atoms with E-state index in [2.05, 4.69) is 4.98 Å². The van der Waals surface area contributed by atoms with Gasteiger partial charge in [-0.05, 0) is 37.1 Å². The van der Waals surface area contributed by atoms with Gasteiger partial charge in [0.05, 0.1) is 24.9 Å². The maximum Gasteiger partial charge on any atom is 0.374 e. The SMILES string of the molecule is CCOC(=O)c1ccc(Cn2cnc3sc(C(=O)OCc4ccccc4)c(C)c3c2=O)o1. The lowest BCUT2D eigenvalue weighted by molar-refractivity contribution is 0.0473. The van der Waals surface area contributed by atoms with Gasteiger partial charge in [0.2, 0.25) is 5.76 Å². The van der Waals surface area contributed by atoms with E-state index in [1.54, 1.807) is 19.9 Å². The number of furan rings is 1. The van der Waals surface area contributed by atoms with Gasteiger partial charge >= 0.3 is 11.9 Å². The molecule has 0 fully saturated rings. The van der Waals surface area contributed by atoms with Gasteiger partial charge in [-0.2, -0.15) is 0 Å². The van der Waals surface area contributed by atoms with Crippen LogP contribution in [0, 0.1) is 6.92 Å². The molecule has 0 atom stereocenters. The molecule has 3 aromatic heterocycles. The van der Waals surface area contributed by atoms with Crippen LogP contribution < -0.4 is 5.56 Å². The van der Waals surface area contributed by atoms with Crippen LogP contribution in [0.1, 0.15) is 44.0 Å². The minimum Gasteiger partial charge on any atom is -0.460 e. The van der Waals surface area contributed by atoms with Crippen molar-refractivity contribution in [1.82, 2.24) is 9.55 Å². The number of esters is 2. The van der Waals surface area contributed by atoms with Crippen LogP contribution in [0.5, 0.6) is 0 Å². The zero-order valence-corrected chi connectivity index (χ0v) is 18.3. The maximum absolute atomic E-state index is 13.1. The van der Waals surface area contributed by atoms with Crippen LogP contribution in [0.2, 0.25) is 0 Å². The number of hydrogen-bond donors (Lipinski definition) is 0. The summed E-state index contributed by atoms with van der Waals surface area (Å²) in [6.07, 6.45) is 1.40.